The predicted molar refractivity (Wildman–Crippen MR) is 77.8 cm³/mol. The van der Waals surface area contributed by atoms with Crippen LogP contribution in [0, 0.1) is 5.21 Å². The maximum absolute atomic E-state index is 12.0. The number of benzene rings is 1. The molecule has 0 fully saturated rings. The largest absolute Gasteiger partial charge is 0.618 e. The molecule has 2 aromatic heterocycles. The van der Waals surface area contributed by atoms with E-state index in [0.717, 1.165) is 42.7 Å². The summed E-state index contributed by atoms with van der Waals surface area (Å²) in [7, 11) is 0. The minimum absolute atomic E-state index is 0.684. The van der Waals surface area contributed by atoms with Gasteiger partial charge in [-0.2, -0.15) is 4.73 Å². The Labute approximate surface area is 117 Å². The maximum Gasteiger partial charge on any atom is 0.226 e. The highest BCUT2D eigenvalue weighted by Gasteiger charge is 2.14. The van der Waals surface area contributed by atoms with E-state index >= 15 is 0 Å². The minimum Gasteiger partial charge on any atom is -0.618 e. The zero-order valence-electron chi connectivity index (χ0n) is 9.81. The van der Waals surface area contributed by atoms with Gasteiger partial charge in [0.25, 0.3) is 0 Å². The lowest BCUT2D eigenvalue weighted by molar-refractivity contribution is -0.575. The molecule has 92 valence electrons. The smallest absolute Gasteiger partial charge is 0.226 e. The Morgan fingerprint density at radius 2 is 2.28 bits per heavy atom. The fourth-order valence-electron chi connectivity index (χ4n) is 2.04. The van der Waals surface area contributed by atoms with Crippen molar-refractivity contribution in [2.24, 2.45) is 0 Å². The number of thiazole rings is 1. The van der Waals surface area contributed by atoms with Crippen molar-refractivity contribution in [3.8, 4) is 0 Å². The summed E-state index contributed by atoms with van der Waals surface area (Å²) in [6.45, 7) is 2.13. The number of rotatable bonds is 2. The average Bonchev–Trinajstić information content (AvgIpc) is 2.72. The second-order valence-electron chi connectivity index (χ2n) is 4.19. The van der Waals surface area contributed by atoms with Crippen molar-refractivity contribution >= 4 is 48.4 Å². The van der Waals surface area contributed by atoms with Gasteiger partial charge in [-0.1, -0.05) is 22.9 Å². The lowest BCUT2D eigenvalue weighted by Gasteiger charge is -2.02. The van der Waals surface area contributed by atoms with Crippen LogP contribution in [-0.2, 0) is 6.42 Å². The molecule has 2 heterocycles. The van der Waals surface area contributed by atoms with Gasteiger partial charge in [0.05, 0.1) is 15.1 Å². The normalized spacial score (nSPS) is 11.4. The number of nitrogens with zero attached hydrogens (tertiary/aromatic N) is 2. The van der Waals surface area contributed by atoms with Crippen LogP contribution in [0.5, 0.6) is 0 Å². The molecule has 0 aliphatic rings. The highest BCUT2D eigenvalue weighted by atomic mass is 79.9. The van der Waals surface area contributed by atoms with E-state index in [0.29, 0.717) is 5.52 Å². The second kappa shape index (κ2) is 4.48. The van der Waals surface area contributed by atoms with Gasteiger partial charge < -0.3 is 5.21 Å². The van der Waals surface area contributed by atoms with Crippen LogP contribution in [0.4, 0.5) is 0 Å². The average molecular weight is 323 g/mol. The van der Waals surface area contributed by atoms with Crippen molar-refractivity contribution in [3.63, 3.8) is 0 Å². The summed E-state index contributed by atoms with van der Waals surface area (Å²) in [5.74, 6) is 0. The number of fused-ring (bicyclic) bond motifs is 3. The summed E-state index contributed by atoms with van der Waals surface area (Å²) in [5, 5.41) is 14.0. The quantitative estimate of drug-likeness (QED) is 0.532. The molecule has 0 saturated carbocycles. The molecule has 0 bridgehead atoms. The fourth-order valence-corrected chi connectivity index (χ4v) is 3.56. The number of hydrogen-bond acceptors (Lipinski definition) is 3. The molecule has 0 amide bonds. The van der Waals surface area contributed by atoms with Crippen LogP contribution >= 0.6 is 27.3 Å². The zero-order valence-corrected chi connectivity index (χ0v) is 12.2. The van der Waals surface area contributed by atoms with E-state index in [2.05, 4.69) is 27.8 Å². The Balaban J connectivity index is 2.37. The molecule has 0 radical (unpaired) electrons. The predicted octanol–water partition coefficient (Wildman–Crippen LogP) is 3.80. The number of aromatic nitrogens is 2. The van der Waals surface area contributed by atoms with Gasteiger partial charge in [0.1, 0.15) is 5.52 Å². The highest BCUT2D eigenvalue weighted by Crippen LogP contribution is 2.30. The summed E-state index contributed by atoms with van der Waals surface area (Å²) < 4.78 is 2.92. The Bertz CT molecular complexity index is 739. The van der Waals surface area contributed by atoms with E-state index in [1.165, 1.54) is 0 Å². The monoisotopic (exact) mass is 322 g/mol. The zero-order chi connectivity index (χ0) is 12.7. The van der Waals surface area contributed by atoms with Gasteiger partial charge in [-0.15, -0.1) is 11.3 Å². The van der Waals surface area contributed by atoms with Crippen LogP contribution in [-0.4, -0.2) is 4.98 Å². The molecular weight excluding hydrogens is 312 g/mol. The molecule has 18 heavy (non-hydrogen) atoms. The van der Waals surface area contributed by atoms with E-state index in [-0.39, 0.29) is 0 Å². The molecular formula is C13H11BrN2OS. The Morgan fingerprint density at radius 1 is 1.44 bits per heavy atom. The molecule has 0 N–H and O–H groups in total. The minimum atomic E-state index is 0.684. The first-order chi connectivity index (χ1) is 8.69. The van der Waals surface area contributed by atoms with Gasteiger partial charge >= 0.3 is 0 Å². The molecule has 0 aliphatic heterocycles. The van der Waals surface area contributed by atoms with Crippen LogP contribution in [0.1, 0.15) is 18.4 Å². The van der Waals surface area contributed by atoms with Crippen molar-refractivity contribution in [2.45, 2.75) is 19.8 Å². The summed E-state index contributed by atoms with van der Waals surface area (Å²) in [5.41, 5.74) is 1.48. The topological polar surface area (TPSA) is 39.8 Å². The third-order valence-corrected chi connectivity index (χ3v) is 4.50. The lowest BCUT2D eigenvalue weighted by atomic mass is 10.2. The van der Waals surface area contributed by atoms with Gasteiger partial charge in [0.15, 0.2) is 0 Å². The second-order valence-corrected chi connectivity index (χ2v) is 6.19. The summed E-state index contributed by atoms with van der Waals surface area (Å²) >= 11 is 5.08. The maximum atomic E-state index is 12.0. The molecule has 0 saturated heterocycles. The lowest BCUT2D eigenvalue weighted by Crippen LogP contribution is -2.26. The molecule has 0 spiro atoms. The van der Waals surface area contributed by atoms with Crippen molar-refractivity contribution in [1.82, 2.24) is 4.98 Å². The first-order valence-corrected chi connectivity index (χ1v) is 7.41. The summed E-state index contributed by atoms with van der Waals surface area (Å²) in [6.07, 6.45) is 3.61. The molecule has 0 aliphatic carbocycles. The van der Waals surface area contributed by atoms with Crippen molar-refractivity contribution in [2.75, 3.05) is 0 Å². The molecule has 0 atom stereocenters. The standard InChI is InChI=1S/C13H11BrN2OS/c1-2-3-12-15-10-7-16(17)11-6-8(14)4-5-9(11)13(10)18-12/h4-7H,2-3H2,1H3. The van der Waals surface area contributed by atoms with Gasteiger partial charge in [0, 0.05) is 10.5 Å². The number of pyridine rings is 1. The summed E-state index contributed by atoms with van der Waals surface area (Å²) in [4.78, 5) is 4.52. The molecule has 3 aromatic rings. The SMILES string of the molecule is CCCc1nc2c[n+]([O-])c3cc(Br)ccc3c2s1. The Morgan fingerprint density at radius 3 is 3.06 bits per heavy atom. The number of aryl methyl sites for hydroxylation is 1. The Kier molecular flexibility index (Phi) is 2.95. The van der Waals surface area contributed by atoms with Crippen LogP contribution in [0.15, 0.2) is 28.9 Å². The van der Waals surface area contributed by atoms with E-state index in [4.69, 9.17) is 0 Å². The number of hydrogen-bond donors (Lipinski definition) is 0. The third-order valence-electron chi connectivity index (χ3n) is 2.84. The third kappa shape index (κ3) is 1.87. The van der Waals surface area contributed by atoms with Gasteiger partial charge in [0.2, 0.25) is 11.7 Å². The fraction of sp³-hybridized carbons (Fsp3) is 0.231. The number of halogens is 1. The van der Waals surface area contributed by atoms with Gasteiger partial charge in [-0.25, -0.2) is 4.98 Å². The molecule has 1 aromatic carbocycles. The molecule has 0 unspecified atom stereocenters. The van der Waals surface area contributed by atoms with Crippen molar-refractivity contribution in [3.05, 3.63) is 39.1 Å². The molecule has 3 rings (SSSR count). The summed E-state index contributed by atoms with van der Waals surface area (Å²) in [6, 6.07) is 5.78. The first kappa shape index (κ1) is 11.9. The van der Waals surface area contributed by atoms with E-state index in [1.807, 2.05) is 18.2 Å². The van der Waals surface area contributed by atoms with Crippen molar-refractivity contribution < 1.29 is 4.73 Å². The van der Waals surface area contributed by atoms with E-state index in [9.17, 15) is 5.21 Å². The van der Waals surface area contributed by atoms with Crippen LogP contribution in [0.3, 0.4) is 0 Å². The van der Waals surface area contributed by atoms with Crippen LogP contribution in [0.2, 0.25) is 0 Å². The van der Waals surface area contributed by atoms with E-state index < -0.39 is 0 Å². The Hall–Kier alpha value is -1.20. The van der Waals surface area contributed by atoms with Crippen LogP contribution in [0.25, 0.3) is 21.1 Å². The highest BCUT2D eigenvalue weighted by molar-refractivity contribution is 9.10. The molecule has 5 heteroatoms. The van der Waals surface area contributed by atoms with Crippen LogP contribution < -0.4 is 4.73 Å². The molecule has 3 nitrogen and oxygen atoms in total. The van der Waals surface area contributed by atoms with E-state index in [1.54, 1.807) is 17.5 Å². The van der Waals surface area contributed by atoms with Gasteiger partial charge in [-0.05, 0) is 25.0 Å². The van der Waals surface area contributed by atoms with Crippen molar-refractivity contribution in [1.29, 1.82) is 0 Å². The first-order valence-electron chi connectivity index (χ1n) is 5.80. The van der Waals surface area contributed by atoms with Gasteiger partial charge in [-0.3, -0.25) is 0 Å².